The van der Waals surface area contributed by atoms with Gasteiger partial charge in [-0.2, -0.15) is 5.10 Å². The van der Waals surface area contributed by atoms with Gasteiger partial charge in [-0.15, -0.1) is 11.3 Å². The van der Waals surface area contributed by atoms with Crippen molar-refractivity contribution in [3.63, 3.8) is 0 Å². The van der Waals surface area contributed by atoms with Crippen LogP contribution in [0.1, 0.15) is 28.7 Å². The maximum absolute atomic E-state index is 11.8. The molecule has 4 aromatic rings. The highest BCUT2D eigenvalue weighted by Crippen LogP contribution is 2.33. The first-order valence-electron chi connectivity index (χ1n) is 9.33. The number of hydrogen-bond acceptors (Lipinski definition) is 5. The van der Waals surface area contributed by atoms with Crippen molar-refractivity contribution in [1.82, 2.24) is 14.8 Å². The Morgan fingerprint density at radius 3 is 2.83 bits per heavy atom. The van der Waals surface area contributed by atoms with Crippen LogP contribution in [0.5, 0.6) is 0 Å². The third-order valence-corrected chi connectivity index (χ3v) is 8.43. The lowest BCUT2D eigenvalue weighted by atomic mass is 10.1. The minimum absolute atomic E-state index is 0.0991. The Kier molecular flexibility index (Phi) is 4.49. The topological polar surface area (TPSA) is 64.8 Å². The maximum atomic E-state index is 11.8. The number of aromatic nitrogens is 3. The Hall–Kier alpha value is -2.22. The van der Waals surface area contributed by atoms with Gasteiger partial charge in [0, 0.05) is 10.9 Å². The minimum atomic E-state index is -3.00. The molecule has 2 aromatic carbocycles. The van der Waals surface area contributed by atoms with Crippen LogP contribution in [0.4, 0.5) is 0 Å². The molecule has 0 amide bonds. The zero-order valence-electron chi connectivity index (χ0n) is 15.7. The van der Waals surface area contributed by atoms with Gasteiger partial charge in [-0.25, -0.2) is 18.1 Å². The fraction of sp³-hybridized carbons (Fsp3) is 0.238. The van der Waals surface area contributed by atoms with E-state index in [4.69, 9.17) is 16.6 Å². The monoisotopic (exact) mass is 443 g/mol. The van der Waals surface area contributed by atoms with Gasteiger partial charge in [-0.1, -0.05) is 41.9 Å². The summed E-state index contributed by atoms with van der Waals surface area (Å²) in [5.74, 6) is 0.291. The molecule has 148 valence electrons. The molecule has 1 atom stereocenters. The van der Waals surface area contributed by atoms with Crippen LogP contribution in [0.2, 0.25) is 5.15 Å². The second kappa shape index (κ2) is 6.93. The van der Waals surface area contributed by atoms with Gasteiger partial charge in [-0.3, -0.25) is 0 Å². The molecule has 0 spiro atoms. The summed E-state index contributed by atoms with van der Waals surface area (Å²) >= 11 is 8.19. The van der Waals surface area contributed by atoms with Crippen molar-refractivity contribution in [2.75, 3.05) is 11.5 Å². The zero-order valence-corrected chi connectivity index (χ0v) is 18.1. The van der Waals surface area contributed by atoms with Crippen LogP contribution in [0, 0.1) is 6.92 Å². The van der Waals surface area contributed by atoms with E-state index in [-0.39, 0.29) is 17.5 Å². The summed E-state index contributed by atoms with van der Waals surface area (Å²) in [5.41, 5.74) is 2.59. The van der Waals surface area contributed by atoms with E-state index in [1.807, 2.05) is 31.2 Å². The third-order valence-electron chi connectivity index (χ3n) is 5.32. The van der Waals surface area contributed by atoms with E-state index in [1.54, 1.807) is 16.0 Å². The Morgan fingerprint density at radius 2 is 2.03 bits per heavy atom. The predicted octanol–water partition coefficient (Wildman–Crippen LogP) is 5.14. The van der Waals surface area contributed by atoms with Crippen LogP contribution < -0.4 is 0 Å². The normalized spacial score (nSPS) is 19.0. The Bertz CT molecular complexity index is 1390. The first-order chi connectivity index (χ1) is 13.9. The summed E-state index contributed by atoms with van der Waals surface area (Å²) in [7, 11) is -3.00. The zero-order chi connectivity index (χ0) is 20.2. The van der Waals surface area contributed by atoms with Crippen molar-refractivity contribution in [2.45, 2.75) is 19.4 Å². The molecule has 29 heavy (non-hydrogen) atoms. The Balaban J connectivity index is 1.50. The number of halogens is 1. The second-order valence-electron chi connectivity index (χ2n) is 7.31. The number of aryl methyl sites for hydroxylation is 1. The molecule has 1 saturated heterocycles. The molecule has 1 aliphatic rings. The van der Waals surface area contributed by atoms with E-state index in [0.717, 1.165) is 31.9 Å². The number of fused-ring (bicyclic) bond motifs is 3. The first kappa shape index (κ1) is 18.8. The standard InChI is InChI=1S/C21H18ClN3O2S2/c1-13-16(21(22)25(24-13)15-10-11-29(26,27)12-15)7-9-19-23-20-17-5-3-2-4-14(17)6-8-18(20)28-19/h2-9,15H,10-12H2,1H3. The summed E-state index contributed by atoms with van der Waals surface area (Å²) < 4.78 is 26.4. The van der Waals surface area contributed by atoms with Crippen molar-refractivity contribution in [1.29, 1.82) is 0 Å². The molecule has 0 bridgehead atoms. The molecular formula is C21H18ClN3O2S2. The molecule has 1 fully saturated rings. The van der Waals surface area contributed by atoms with Gasteiger partial charge < -0.3 is 0 Å². The number of rotatable bonds is 3. The highest BCUT2D eigenvalue weighted by atomic mass is 35.5. The van der Waals surface area contributed by atoms with Gasteiger partial charge in [0.2, 0.25) is 0 Å². The molecule has 0 N–H and O–H groups in total. The molecule has 1 aliphatic heterocycles. The third kappa shape index (κ3) is 3.37. The molecule has 2 aromatic heterocycles. The minimum Gasteiger partial charge on any atom is -0.249 e. The summed E-state index contributed by atoms with van der Waals surface area (Å²) in [6.45, 7) is 1.89. The van der Waals surface area contributed by atoms with Gasteiger partial charge in [0.15, 0.2) is 9.84 Å². The van der Waals surface area contributed by atoms with Crippen molar-refractivity contribution >= 4 is 65.9 Å². The lowest BCUT2D eigenvalue weighted by Crippen LogP contribution is -2.12. The summed E-state index contributed by atoms with van der Waals surface area (Å²) in [6, 6.07) is 12.3. The van der Waals surface area contributed by atoms with Crippen molar-refractivity contribution in [3.8, 4) is 0 Å². The largest absolute Gasteiger partial charge is 0.249 e. The van der Waals surface area contributed by atoms with E-state index >= 15 is 0 Å². The highest BCUT2D eigenvalue weighted by Gasteiger charge is 2.31. The van der Waals surface area contributed by atoms with E-state index < -0.39 is 9.84 Å². The van der Waals surface area contributed by atoms with Gasteiger partial charge in [0.25, 0.3) is 0 Å². The molecule has 1 unspecified atom stereocenters. The van der Waals surface area contributed by atoms with Crippen LogP contribution in [0.3, 0.4) is 0 Å². The number of thiazole rings is 1. The van der Waals surface area contributed by atoms with Crippen LogP contribution in [-0.2, 0) is 9.84 Å². The van der Waals surface area contributed by atoms with Crippen LogP contribution in [0.25, 0.3) is 33.1 Å². The molecule has 8 heteroatoms. The summed E-state index contributed by atoms with van der Waals surface area (Å²) in [4.78, 5) is 4.80. The average Bonchev–Trinajstić information content (AvgIpc) is 3.35. The average molecular weight is 444 g/mol. The SMILES string of the molecule is Cc1nn(C2CCS(=O)(=O)C2)c(Cl)c1C=Cc1nc2c(ccc3ccccc32)s1. The van der Waals surface area contributed by atoms with Crippen molar-refractivity contribution in [2.24, 2.45) is 0 Å². The number of sulfone groups is 1. The van der Waals surface area contributed by atoms with Crippen LogP contribution in [-0.4, -0.2) is 34.7 Å². The number of hydrogen-bond donors (Lipinski definition) is 0. The molecule has 0 saturated carbocycles. The molecule has 0 radical (unpaired) electrons. The fourth-order valence-electron chi connectivity index (χ4n) is 3.84. The Morgan fingerprint density at radius 1 is 1.21 bits per heavy atom. The molecular weight excluding hydrogens is 426 g/mol. The summed E-state index contributed by atoms with van der Waals surface area (Å²) in [5, 5.41) is 8.19. The second-order valence-corrected chi connectivity index (χ2v) is 11.0. The maximum Gasteiger partial charge on any atom is 0.152 e. The lowest BCUT2D eigenvalue weighted by Gasteiger charge is -2.09. The van der Waals surface area contributed by atoms with Gasteiger partial charge in [0.05, 0.1) is 33.5 Å². The molecule has 5 nitrogen and oxygen atoms in total. The lowest BCUT2D eigenvalue weighted by molar-refractivity contribution is 0.497. The fourth-order valence-corrected chi connectivity index (χ4v) is 6.79. The smallest absolute Gasteiger partial charge is 0.152 e. The van der Waals surface area contributed by atoms with E-state index in [9.17, 15) is 8.42 Å². The van der Waals surface area contributed by atoms with E-state index in [0.29, 0.717) is 11.6 Å². The van der Waals surface area contributed by atoms with Gasteiger partial charge >= 0.3 is 0 Å². The van der Waals surface area contributed by atoms with Crippen LogP contribution >= 0.6 is 22.9 Å². The first-order valence-corrected chi connectivity index (χ1v) is 12.3. The number of benzene rings is 2. The number of nitrogens with zero attached hydrogens (tertiary/aromatic N) is 3. The molecule has 3 heterocycles. The van der Waals surface area contributed by atoms with Crippen molar-refractivity contribution in [3.05, 3.63) is 57.8 Å². The van der Waals surface area contributed by atoms with E-state index in [1.165, 1.54) is 5.39 Å². The Labute approximate surface area is 177 Å². The van der Waals surface area contributed by atoms with Crippen LogP contribution in [0.15, 0.2) is 36.4 Å². The van der Waals surface area contributed by atoms with E-state index in [2.05, 4.69) is 29.4 Å². The van der Waals surface area contributed by atoms with Crippen molar-refractivity contribution < 1.29 is 8.42 Å². The quantitative estimate of drug-likeness (QED) is 0.440. The van der Waals surface area contributed by atoms with Gasteiger partial charge in [0.1, 0.15) is 10.2 Å². The summed E-state index contributed by atoms with van der Waals surface area (Å²) in [6.07, 6.45) is 4.42. The molecule has 0 aliphatic carbocycles. The van der Waals surface area contributed by atoms with Gasteiger partial charge in [-0.05, 0) is 36.9 Å². The highest BCUT2D eigenvalue weighted by molar-refractivity contribution is 7.91. The molecule has 5 rings (SSSR count). The predicted molar refractivity (Wildman–Crippen MR) is 120 cm³/mol.